The summed E-state index contributed by atoms with van der Waals surface area (Å²) in [5, 5.41) is 1.88. The molecule has 0 bridgehead atoms. The van der Waals surface area contributed by atoms with Gasteiger partial charge in [-0.1, -0.05) is 0 Å². The molecule has 1 atom stereocenters. The zero-order chi connectivity index (χ0) is 11.1. The Morgan fingerprint density at radius 1 is 1.67 bits per heavy atom. The number of fused-ring (bicyclic) bond motifs is 1. The zero-order valence-electron chi connectivity index (χ0n) is 8.87. The molecule has 0 aromatic heterocycles. The van der Waals surface area contributed by atoms with Crippen molar-refractivity contribution in [2.45, 2.75) is 25.3 Å². The average molecular weight is 210 g/mol. The first kappa shape index (κ1) is 10.2. The predicted molar refractivity (Wildman–Crippen MR) is 52.6 cm³/mol. The largest absolute Gasteiger partial charge is 0.465 e. The van der Waals surface area contributed by atoms with Crippen molar-refractivity contribution < 1.29 is 14.3 Å². The highest BCUT2D eigenvalue weighted by Crippen LogP contribution is 2.32. The van der Waals surface area contributed by atoms with Crippen LogP contribution in [0.2, 0.25) is 0 Å². The van der Waals surface area contributed by atoms with Gasteiger partial charge in [-0.2, -0.15) is 0 Å². The second kappa shape index (κ2) is 3.34. The lowest BCUT2D eigenvalue weighted by Gasteiger charge is -2.36. The van der Waals surface area contributed by atoms with Gasteiger partial charge in [-0.25, -0.2) is 9.80 Å². The average Bonchev–Trinajstić information content (AvgIpc) is 2.57. The van der Waals surface area contributed by atoms with Crippen molar-refractivity contribution >= 4 is 11.9 Å². The van der Waals surface area contributed by atoms with Crippen LogP contribution in [0.4, 0.5) is 0 Å². The zero-order valence-corrected chi connectivity index (χ0v) is 8.87. The number of esters is 1. The highest BCUT2D eigenvalue weighted by atomic mass is 16.5. The fourth-order valence-corrected chi connectivity index (χ4v) is 2.14. The van der Waals surface area contributed by atoms with Crippen LogP contribution in [0, 0.1) is 0 Å². The van der Waals surface area contributed by atoms with Crippen LogP contribution in [0.1, 0.15) is 19.8 Å². The molecule has 0 spiro atoms. The van der Waals surface area contributed by atoms with Gasteiger partial charge in [0.25, 0.3) is 5.91 Å². The number of nitrogens with one attached hydrogen (secondary N) is 1. The molecule has 0 aliphatic carbocycles. The van der Waals surface area contributed by atoms with E-state index in [-0.39, 0.29) is 17.0 Å². The van der Waals surface area contributed by atoms with Crippen LogP contribution < -0.4 is 5.43 Å². The molecule has 1 N–H and O–H groups in total. The van der Waals surface area contributed by atoms with E-state index in [1.807, 2.05) is 11.9 Å². The molecule has 2 rings (SSSR count). The van der Waals surface area contributed by atoms with Crippen LogP contribution in [0.3, 0.4) is 0 Å². The minimum absolute atomic E-state index is 0.109. The normalized spacial score (nSPS) is 30.5. The summed E-state index contributed by atoms with van der Waals surface area (Å²) in [5.74, 6) is -0.943. The van der Waals surface area contributed by atoms with Crippen molar-refractivity contribution in [2.24, 2.45) is 0 Å². The minimum Gasteiger partial charge on any atom is -0.465 e. The third-order valence-corrected chi connectivity index (χ3v) is 3.02. The monoisotopic (exact) mass is 210 g/mol. The van der Waals surface area contributed by atoms with E-state index in [1.54, 1.807) is 6.08 Å². The van der Waals surface area contributed by atoms with Gasteiger partial charge in [0.1, 0.15) is 5.57 Å². The summed E-state index contributed by atoms with van der Waals surface area (Å²) in [6.07, 6.45) is 3.67. The van der Waals surface area contributed by atoms with E-state index in [9.17, 15) is 9.59 Å². The van der Waals surface area contributed by atoms with Crippen LogP contribution >= 0.6 is 0 Å². The second-order valence-electron chi connectivity index (χ2n) is 4.10. The van der Waals surface area contributed by atoms with Gasteiger partial charge in [0.2, 0.25) is 0 Å². The predicted octanol–water partition coefficient (Wildman–Crippen LogP) is -0.0149. The number of amides is 1. The SMILES string of the molecule is COC(=O)C1=CC2(C)CCCN2NC1=O. The number of hydrazine groups is 1. The quantitative estimate of drug-likeness (QED) is 0.488. The Bertz CT molecular complexity index is 351. The molecule has 0 aromatic carbocycles. The highest BCUT2D eigenvalue weighted by Gasteiger charge is 2.42. The van der Waals surface area contributed by atoms with Crippen LogP contribution in [0.25, 0.3) is 0 Å². The molecule has 2 aliphatic heterocycles. The third kappa shape index (κ3) is 1.52. The van der Waals surface area contributed by atoms with Gasteiger partial charge in [-0.05, 0) is 25.8 Å². The first-order valence-corrected chi connectivity index (χ1v) is 4.96. The highest BCUT2D eigenvalue weighted by molar-refractivity contribution is 6.16. The Kier molecular flexibility index (Phi) is 2.26. The molecule has 1 amide bonds. The summed E-state index contributed by atoms with van der Waals surface area (Å²) >= 11 is 0. The van der Waals surface area contributed by atoms with Gasteiger partial charge >= 0.3 is 5.97 Å². The molecule has 5 nitrogen and oxygen atoms in total. The van der Waals surface area contributed by atoms with Gasteiger partial charge in [-0.15, -0.1) is 0 Å². The van der Waals surface area contributed by atoms with E-state index in [0.29, 0.717) is 0 Å². The molecular weight excluding hydrogens is 196 g/mol. The van der Waals surface area contributed by atoms with Gasteiger partial charge in [0.15, 0.2) is 0 Å². The van der Waals surface area contributed by atoms with Gasteiger partial charge in [0, 0.05) is 6.54 Å². The second-order valence-corrected chi connectivity index (χ2v) is 4.10. The summed E-state index contributed by atoms with van der Waals surface area (Å²) < 4.78 is 4.57. The number of ether oxygens (including phenoxy) is 1. The maximum Gasteiger partial charge on any atom is 0.343 e. The lowest BCUT2D eigenvalue weighted by Crippen LogP contribution is -2.55. The van der Waals surface area contributed by atoms with Crippen molar-refractivity contribution in [3.05, 3.63) is 11.6 Å². The number of rotatable bonds is 1. The van der Waals surface area contributed by atoms with Crippen molar-refractivity contribution in [2.75, 3.05) is 13.7 Å². The lowest BCUT2D eigenvalue weighted by atomic mass is 9.94. The molecule has 1 fully saturated rings. The van der Waals surface area contributed by atoms with E-state index >= 15 is 0 Å². The minimum atomic E-state index is -0.569. The number of hydrogen-bond donors (Lipinski definition) is 1. The van der Waals surface area contributed by atoms with E-state index in [2.05, 4.69) is 10.2 Å². The first-order valence-electron chi connectivity index (χ1n) is 4.96. The topological polar surface area (TPSA) is 58.6 Å². The van der Waals surface area contributed by atoms with Crippen molar-refractivity contribution in [1.29, 1.82) is 0 Å². The fourth-order valence-electron chi connectivity index (χ4n) is 2.14. The Morgan fingerprint density at radius 2 is 2.40 bits per heavy atom. The number of nitrogens with zero attached hydrogens (tertiary/aromatic N) is 1. The molecule has 0 aromatic rings. The Hall–Kier alpha value is -1.36. The smallest absolute Gasteiger partial charge is 0.343 e. The molecule has 2 aliphatic rings. The summed E-state index contributed by atoms with van der Waals surface area (Å²) in [6, 6.07) is 0. The first-order chi connectivity index (χ1) is 7.07. The molecule has 0 saturated carbocycles. The number of methoxy groups -OCH3 is 1. The third-order valence-electron chi connectivity index (χ3n) is 3.02. The lowest BCUT2D eigenvalue weighted by molar-refractivity contribution is -0.140. The molecule has 2 heterocycles. The number of hydrogen-bond acceptors (Lipinski definition) is 4. The van der Waals surface area contributed by atoms with E-state index in [0.717, 1.165) is 19.4 Å². The maximum absolute atomic E-state index is 11.6. The summed E-state index contributed by atoms with van der Waals surface area (Å²) in [5.41, 5.74) is 2.58. The van der Waals surface area contributed by atoms with Crippen molar-refractivity contribution in [3.8, 4) is 0 Å². The molecule has 82 valence electrons. The molecule has 15 heavy (non-hydrogen) atoms. The molecule has 5 heteroatoms. The van der Waals surface area contributed by atoms with Crippen LogP contribution in [-0.2, 0) is 14.3 Å². The van der Waals surface area contributed by atoms with E-state index < -0.39 is 5.97 Å². The Morgan fingerprint density at radius 3 is 3.07 bits per heavy atom. The standard InChI is InChI=1S/C10H14N2O3/c1-10-4-3-5-12(10)11-8(13)7(6-10)9(14)15-2/h6H,3-5H2,1-2H3,(H,11,13). The maximum atomic E-state index is 11.6. The Labute approximate surface area is 88.0 Å². The van der Waals surface area contributed by atoms with E-state index in [4.69, 9.17) is 0 Å². The summed E-state index contributed by atoms with van der Waals surface area (Å²) in [6.45, 7) is 2.83. The van der Waals surface area contributed by atoms with Crippen molar-refractivity contribution in [1.82, 2.24) is 10.4 Å². The molecular formula is C10H14N2O3. The molecule has 0 radical (unpaired) electrons. The van der Waals surface area contributed by atoms with Gasteiger partial charge in [0.05, 0.1) is 12.6 Å². The van der Waals surface area contributed by atoms with Gasteiger partial charge in [-0.3, -0.25) is 10.2 Å². The Balaban J connectivity index is 2.34. The summed E-state index contributed by atoms with van der Waals surface area (Å²) in [4.78, 5) is 22.9. The number of carbonyl (C=O) groups excluding carboxylic acids is 2. The van der Waals surface area contributed by atoms with Crippen molar-refractivity contribution in [3.63, 3.8) is 0 Å². The fraction of sp³-hybridized carbons (Fsp3) is 0.600. The van der Waals surface area contributed by atoms with Crippen LogP contribution in [-0.4, -0.2) is 36.1 Å². The summed E-state index contributed by atoms with van der Waals surface area (Å²) in [7, 11) is 1.28. The van der Waals surface area contributed by atoms with Crippen LogP contribution in [0.15, 0.2) is 11.6 Å². The molecule has 1 unspecified atom stereocenters. The van der Waals surface area contributed by atoms with Gasteiger partial charge < -0.3 is 4.74 Å². The number of carbonyl (C=O) groups is 2. The van der Waals surface area contributed by atoms with E-state index in [1.165, 1.54) is 7.11 Å². The van der Waals surface area contributed by atoms with Crippen LogP contribution in [0.5, 0.6) is 0 Å². The molecule has 1 saturated heterocycles.